The Morgan fingerprint density at radius 2 is 1.61 bits per heavy atom. The average molecular weight is 260 g/mol. The molecule has 0 bridgehead atoms. The van der Waals surface area contributed by atoms with Gasteiger partial charge in [0.1, 0.15) is 12.2 Å². The first-order chi connectivity index (χ1) is 8.57. The molecule has 0 aliphatic rings. The van der Waals surface area contributed by atoms with Crippen molar-refractivity contribution < 1.29 is 23.8 Å². The minimum atomic E-state index is -0.451. The summed E-state index contributed by atoms with van der Waals surface area (Å²) in [4.78, 5) is 22.5. The summed E-state index contributed by atoms with van der Waals surface area (Å²) in [6, 6.07) is 0. The molecule has 0 N–H and O–H groups in total. The minimum absolute atomic E-state index is 0.0872. The van der Waals surface area contributed by atoms with Crippen LogP contribution in [0.15, 0.2) is 0 Å². The van der Waals surface area contributed by atoms with Gasteiger partial charge in [-0.1, -0.05) is 13.8 Å². The first-order valence-corrected chi connectivity index (χ1v) is 6.33. The summed E-state index contributed by atoms with van der Waals surface area (Å²) in [5.74, 6) is -0.662. The number of Topliss-reactive ketones (excluding diaryl/α,β-unsaturated/α-hetero) is 1. The number of methoxy groups -OCH3 is 1. The van der Waals surface area contributed by atoms with Crippen LogP contribution < -0.4 is 0 Å². The smallest absolute Gasteiger partial charge is 0.313 e. The predicted octanol–water partition coefficient (Wildman–Crippen LogP) is 1.59. The van der Waals surface area contributed by atoms with Gasteiger partial charge in [-0.3, -0.25) is 9.59 Å². The molecule has 0 atom stereocenters. The van der Waals surface area contributed by atoms with Gasteiger partial charge in [0, 0.05) is 39.3 Å². The highest BCUT2D eigenvalue weighted by Crippen LogP contribution is 2.00. The van der Waals surface area contributed by atoms with Crippen molar-refractivity contribution in [3.05, 3.63) is 0 Å². The van der Waals surface area contributed by atoms with E-state index in [-0.39, 0.29) is 18.1 Å². The van der Waals surface area contributed by atoms with Crippen molar-refractivity contribution in [3.8, 4) is 0 Å². The van der Waals surface area contributed by atoms with E-state index in [0.29, 0.717) is 32.8 Å². The molecule has 0 spiro atoms. The van der Waals surface area contributed by atoms with Gasteiger partial charge in [-0.15, -0.1) is 0 Å². The highest BCUT2D eigenvalue weighted by atomic mass is 16.5. The first-order valence-electron chi connectivity index (χ1n) is 6.33. The van der Waals surface area contributed by atoms with Crippen molar-refractivity contribution in [3.63, 3.8) is 0 Å². The number of hydrogen-bond acceptors (Lipinski definition) is 5. The van der Waals surface area contributed by atoms with Crippen molar-refractivity contribution in [2.75, 3.05) is 33.5 Å². The number of carbonyl (C=O) groups excluding carboxylic acids is 2. The Balaban J connectivity index is 3.33. The highest BCUT2D eigenvalue weighted by molar-refractivity contribution is 5.96. The molecule has 0 aliphatic carbocycles. The summed E-state index contributed by atoms with van der Waals surface area (Å²) >= 11 is 0. The molecule has 0 heterocycles. The molecule has 5 heteroatoms. The summed E-state index contributed by atoms with van der Waals surface area (Å²) in [5, 5.41) is 0. The summed E-state index contributed by atoms with van der Waals surface area (Å²) in [7, 11) is 1.65. The third-order valence-electron chi connectivity index (χ3n) is 2.30. The maximum Gasteiger partial charge on any atom is 0.313 e. The van der Waals surface area contributed by atoms with Crippen LogP contribution in [0, 0.1) is 5.92 Å². The Morgan fingerprint density at radius 3 is 2.17 bits per heavy atom. The highest BCUT2D eigenvalue weighted by Gasteiger charge is 2.13. The van der Waals surface area contributed by atoms with Crippen molar-refractivity contribution in [1.82, 2.24) is 0 Å². The Morgan fingerprint density at radius 1 is 1.00 bits per heavy atom. The van der Waals surface area contributed by atoms with Crippen molar-refractivity contribution >= 4 is 11.8 Å². The maximum atomic E-state index is 11.3. The second-order valence-electron chi connectivity index (χ2n) is 4.33. The van der Waals surface area contributed by atoms with Crippen LogP contribution in [0.1, 0.15) is 33.1 Å². The van der Waals surface area contributed by atoms with Crippen LogP contribution in [-0.4, -0.2) is 45.3 Å². The first kappa shape index (κ1) is 17.1. The van der Waals surface area contributed by atoms with Crippen LogP contribution in [0.4, 0.5) is 0 Å². The molecule has 0 fully saturated rings. The van der Waals surface area contributed by atoms with Gasteiger partial charge >= 0.3 is 5.97 Å². The molecule has 0 aromatic carbocycles. The van der Waals surface area contributed by atoms with Crippen LogP contribution in [0.5, 0.6) is 0 Å². The molecule has 18 heavy (non-hydrogen) atoms. The maximum absolute atomic E-state index is 11.3. The molecule has 0 rings (SSSR count). The largest absolute Gasteiger partial charge is 0.465 e. The Kier molecular flexibility index (Phi) is 10.6. The van der Waals surface area contributed by atoms with E-state index in [4.69, 9.17) is 14.2 Å². The molecule has 0 unspecified atom stereocenters. The lowest BCUT2D eigenvalue weighted by Crippen LogP contribution is -2.16. The third-order valence-corrected chi connectivity index (χ3v) is 2.30. The van der Waals surface area contributed by atoms with E-state index >= 15 is 0 Å². The zero-order chi connectivity index (χ0) is 13.8. The van der Waals surface area contributed by atoms with Gasteiger partial charge in [-0.25, -0.2) is 0 Å². The molecule has 0 aromatic heterocycles. The molecule has 106 valence electrons. The van der Waals surface area contributed by atoms with Crippen LogP contribution in [0.2, 0.25) is 0 Å². The number of ether oxygens (including phenoxy) is 3. The van der Waals surface area contributed by atoms with E-state index in [1.165, 1.54) is 0 Å². The third kappa shape index (κ3) is 10.2. The van der Waals surface area contributed by atoms with Crippen LogP contribution in [0.3, 0.4) is 0 Å². The summed E-state index contributed by atoms with van der Waals surface area (Å²) in [5.41, 5.74) is 0. The predicted molar refractivity (Wildman–Crippen MR) is 67.4 cm³/mol. The van der Waals surface area contributed by atoms with Gasteiger partial charge in [0.2, 0.25) is 0 Å². The molecule has 5 nitrogen and oxygen atoms in total. The van der Waals surface area contributed by atoms with E-state index in [1.807, 2.05) is 0 Å². The summed E-state index contributed by atoms with van der Waals surface area (Å²) in [6.07, 6.45) is 1.38. The normalized spacial score (nSPS) is 10.7. The van der Waals surface area contributed by atoms with Gasteiger partial charge in [0.15, 0.2) is 0 Å². The standard InChI is InChI=1S/C13H24O5/c1-11(2)12(14)10-13(15)18-9-5-8-17-7-4-6-16-3/h11H,4-10H2,1-3H3. The average Bonchev–Trinajstić information content (AvgIpc) is 2.32. The molecule has 0 radical (unpaired) electrons. The topological polar surface area (TPSA) is 61.8 Å². The van der Waals surface area contributed by atoms with Crippen molar-refractivity contribution in [2.45, 2.75) is 33.1 Å². The monoisotopic (exact) mass is 260 g/mol. The van der Waals surface area contributed by atoms with Crippen LogP contribution in [0.25, 0.3) is 0 Å². The second-order valence-corrected chi connectivity index (χ2v) is 4.33. The summed E-state index contributed by atoms with van der Waals surface area (Å²) in [6.45, 7) is 5.72. The quantitative estimate of drug-likeness (QED) is 0.321. The van der Waals surface area contributed by atoms with E-state index < -0.39 is 5.97 Å². The molecule has 0 aromatic rings. The molecular weight excluding hydrogens is 236 g/mol. The molecule has 0 aliphatic heterocycles. The number of rotatable bonds is 11. The van der Waals surface area contributed by atoms with E-state index in [2.05, 4.69) is 0 Å². The van der Waals surface area contributed by atoms with E-state index in [9.17, 15) is 9.59 Å². The molecule has 0 saturated heterocycles. The molecule has 0 saturated carbocycles. The summed E-state index contributed by atoms with van der Waals surface area (Å²) < 4.78 is 15.1. The Bertz CT molecular complexity index is 238. The van der Waals surface area contributed by atoms with Gasteiger partial charge in [0.25, 0.3) is 0 Å². The second kappa shape index (κ2) is 11.2. The number of esters is 1. The zero-order valence-electron chi connectivity index (χ0n) is 11.6. The lowest BCUT2D eigenvalue weighted by atomic mass is 10.1. The number of carbonyl (C=O) groups is 2. The molecule has 0 amide bonds. The van der Waals surface area contributed by atoms with Crippen LogP contribution in [-0.2, 0) is 23.8 Å². The minimum Gasteiger partial charge on any atom is -0.465 e. The number of ketones is 1. The lowest BCUT2D eigenvalue weighted by molar-refractivity contribution is -0.146. The van der Waals surface area contributed by atoms with E-state index in [1.54, 1.807) is 21.0 Å². The van der Waals surface area contributed by atoms with Gasteiger partial charge in [-0.05, 0) is 6.42 Å². The Hall–Kier alpha value is -0.940. The lowest BCUT2D eigenvalue weighted by Gasteiger charge is -2.06. The fourth-order valence-electron chi connectivity index (χ4n) is 1.15. The number of hydrogen-bond donors (Lipinski definition) is 0. The van der Waals surface area contributed by atoms with Crippen LogP contribution >= 0.6 is 0 Å². The van der Waals surface area contributed by atoms with Gasteiger partial charge in [0.05, 0.1) is 6.61 Å². The Labute approximate surface area is 109 Å². The van der Waals surface area contributed by atoms with Crippen molar-refractivity contribution in [1.29, 1.82) is 0 Å². The fourth-order valence-corrected chi connectivity index (χ4v) is 1.15. The fraction of sp³-hybridized carbons (Fsp3) is 0.846. The van der Waals surface area contributed by atoms with Crippen molar-refractivity contribution in [2.24, 2.45) is 5.92 Å². The molecular formula is C13H24O5. The van der Waals surface area contributed by atoms with Gasteiger partial charge < -0.3 is 14.2 Å². The zero-order valence-corrected chi connectivity index (χ0v) is 11.6. The van der Waals surface area contributed by atoms with Gasteiger partial charge in [-0.2, -0.15) is 0 Å². The van der Waals surface area contributed by atoms with E-state index in [0.717, 1.165) is 6.42 Å². The SMILES string of the molecule is COCCCOCCCOC(=O)CC(=O)C(C)C.